The summed E-state index contributed by atoms with van der Waals surface area (Å²) in [6.45, 7) is 3.76. The molecule has 0 aromatic heterocycles. The predicted molar refractivity (Wildman–Crippen MR) is 125 cm³/mol. The molecule has 1 amide bonds. The molecule has 0 radical (unpaired) electrons. The highest BCUT2D eigenvalue weighted by molar-refractivity contribution is 5.94. The van der Waals surface area contributed by atoms with Crippen LogP contribution in [0.15, 0.2) is 78.9 Å². The molecular formula is C27H32N2O. The van der Waals surface area contributed by atoms with Gasteiger partial charge in [-0.25, -0.2) is 0 Å². The first-order chi connectivity index (χ1) is 14.7. The van der Waals surface area contributed by atoms with Crippen molar-refractivity contribution in [3.8, 4) is 11.1 Å². The van der Waals surface area contributed by atoms with E-state index in [-0.39, 0.29) is 5.91 Å². The highest BCUT2D eigenvalue weighted by Crippen LogP contribution is 2.20. The summed E-state index contributed by atoms with van der Waals surface area (Å²) in [6, 6.07) is 26.8. The molecule has 30 heavy (non-hydrogen) atoms. The maximum Gasteiger partial charge on any atom is 0.254 e. The third-order valence-electron chi connectivity index (χ3n) is 5.39. The van der Waals surface area contributed by atoms with Gasteiger partial charge >= 0.3 is 0 Å². The number of rotatable bonds is 10. The molecule has 2 N–H and O–H groups in total. The van der Waals surface area contributed by atoms with E-state index in [0.29, 0.717) is 19.6 Å². The highest BCUT2D eigenvalue weighted by atomic mass is 16.2. The molecule has 3 heteroatoms. The maximum absolute atomic E-state index is 13.1. The van der Waals surface area contributed by atoms with Gasteiger partial charge in [0.15, 0.2) is 0 Å². The standard InChI is InChI=1S/C27H32N2O/c1-2-3-5-8-22-11-17-26(18-12-22)27(30)29(20-19-28)21-23-13-15-25(16-14-23)24-9-6-4-7-10-24/h4,6-7,9-18H,2-3,5,8,19-21,28H2,1H3. The van der Waals surface area contributed by atoms with E-state index in [0.717, 1.165) is 17.5 Å². The molecule has 0 aliphatic heterocycles. The summed E-state index contributed by atoms with van der Waals surface area (Å²) in [5.74, 6) is 0.0349. The van der Waals surface area contributed by atoms with Crippen molar-refractivity contribution >= 4 is 5.91 Å². The zero-order chi connectivity index (χ0) is 21.2. The summed E-state index contributed by atoms with van der Waals surface area (Å²) >= 11 is 0. The van der Waals surface area contributed by atoms with Crippen molar-refractivity contribution in [2.45, 2.75) is 39.2 Å². The first-order valence-electron chi connectivity index (χ1n) is 10.9. The Morgan fingerprint density at radius 3 is 2.07 bits per heavy atom. The fraction of sp³-hybridized carbons (Fsp3) is 0.296. The van der Waals surface area contributed by atoms with Gasteiger partial charge in [-0.2, -0.15) is 0 Å². The molecule has 0 aliphatic carbocycles. The summed E-state index contributed by atoms with van der Waals surface area (Å²) in [6.07, 6.45) is 4.73. The number of carbonyl (C=O) groups is 1. The lowest BCUT2D eigenvalue weighted by Crippen LogP contribution is -2.34. The molecular weight excluding hydrogens is 368 g/mol. The Kier molecular flexibility index (Phi) is 8.22. The van der Waals surface area contributed by atoms with Gasteiger partial charge in [-0.15, -0.1) is 0 Å². The van der Waals surface area contributed by atoms with Gasteiger partial charge in [0.25, 0.3) is 5.91 Å². The Bertz CT molecular complexity index is 902. The SMILES string of the molecule is CCCCCc1ccc(C(=O)N(CCN)Cc2ccc(-c3ccccc3)cc2)cc1. The molecule has 0 unspecified atom stereocenters. The summed E-state index contributed by atoms with van der Waals surface area (Å²) in [4.78, 5) is 14.9. The third kappa shape index (κ3) is 6.04. The summed E-state index contributed by atoms with van der Waals surface area (Å²) in [5, 5.41) is 0. The molecule has 156 valence electrons. The first kappa shape index (κ1) is 21.8. The van der Waals surface area contributed by atoms with Crippen LogP contribution >= 0.6 is 0 Å². The summed E-state index contributed by atoms with van der Waals surface area (Å²) < 4.78 is 0. The van der Waals surface area contributed by atoms with Crippen LogP contribution in [0, 0.1) is 0 Å². The Balaban J connectivity index is 1.67. The van der Waals surface area contributed by atoms with E-state index in [9.17, 15) is 4.79 Å². The Labute approximate surface area is 180 Å². The van der Waals surface area contributed by atoms with Crippen LogP contribution < -0.4 is 5.73 Å². The number of unbranched alkanes of at least 4 members (excludes halogenated alkanes) is 2. The van der Waals surface area contributed by atoms with E-state index < -0.39 is 0 Å². The quantitative estimate of drug-likeness (QED) is 0.445. The number of benzene rings is 3. The summed E-state index contributed by atoms with van der Waals surface area (Å²) in [5.41, 5.74) is 11.3. The van der Waals surface area contributed by atoms with Gasteiger partial charge in [0.05, 0.1) is 0 Å². The normalized spacial score (nSPS) is 10.7. The van der Waals surface area contributed by atoms with Crippen LogP contribution in [0.4, 0.5) is 0 Å². The molecule has 3 nitrogen and oxygen atoms in total. The number of nitrogens with zero attached hydrogens (tertiary/aromatic N) is 1. The molecule has 0 heterocycles. The molecule has 0 atom stereocenters. The number of aryl methyl sites for hydroxylation is 1. The van der Waals surface area contributed by atoms with Gasteiger partial charge in [0.1, 0.15) is 0 Å². The zero-order valence-corrected chi connectivity index (χ0v) is 17.9. The smallest absolute Gasteiger partial charge is 0.254 e. The molecule has 0 fully saturated rings. The first-order valence-corrected chi connectivity index (χ1v) is 10.9. The van der Waals surface area contributed by atoms with E-state index in [1.807, 2.05) is 35.2 Å². The number of hydrogen-bond donors (Lipinski definition) is 1. The average molecular weight is 401 g/mol. The van der Waals surface area contributed by atoms with Gasteiger partial charge in [-0.05, 0) is 47.2 Å². The molecule has 3 rings (SSSR count). The van der Waals surface area contributed by atoms with Crippen LogP contribution in [0.1, 0.15) is 47.7 Å². The van der Waals surface area contributed by atoms with Crippen molar-refractivity contribution in [2.75, 3.05) is 13.1 Å². The second-order valence-corrected chi connectivity index (χ2v) is 7.73. The van der Waals surface area contributed by atoms with Gasteiger partial charge in [-0.3, -0.25) is 4.79 Å². The van der Waals surface area contributed by atoms with Crippen LogP contribution in [0.5, 0.6) is 0 Å². The molecule has 3 aromatic carbocycles. The van der Waals surface area contributed by atoms with Crippen LogP contribution in [-0.4, -0.2) is 23.9 Å². The lowest BCUT2D eigenvalue weighted by molar-refractivity contribution is 0.0748. The minimum absolute atomic E-state index is 0.0349. The lowest BCUT2D eigenvalue weighted by Gasteiger charge is -2.22. The van der Waals surface area contributed by atoms with Crippen LogP contribution in [-0.2, 0) is 13.0 Å². The zero-order valence-electron chi connectivity index (χ0n) is 17.9. The topological polar surface area (TPSA) is 46.3 Å². The summed E-state index contributed by atoms with van der Waals surface area (Å²) in [7, 11) is 0. The highest BCUT2D eigenvalue weighted by Gasteiger charge is 2.15. The van der Waals surface area contributed by atoms with Crippen molar-refractivity contribution in [1.29, 1.82) is 0 Å². The molecule has 0 aliphatic rings. The van der Waals surface area contributed by atoms with Crippen molar-refractivity contribution in [1.82, 2.24) is 4.90 Å². The van der Waals surface area contributed by atoms with Crippen LogP contribution in [0.3, 0.4) is 0 Å². The number of nitrogens with two attached hydrogens (primary N) is 1. The molecule has 0 spiro atoms. The van der Waals surface area contributed by atoms with Gasteiger partial charge in [0.2, 0.25) is 0 Å². The minimum atomic E-state index is 0.0349. The molecule has 0 saturated heterocycles. The van der Waals surface area contributed by atoms with Gasteiger partial charge < -0.3 is 10.6 Å². The van der Waals surface area contributed by atoms with E-state index in [1.54, 1.807) is 0 Å². The Morgan fingerprint density at radius 1 is 0.800 bits per heavy atom. The van der Waals surface area contributed by atoms with Gasteiger partial charge in [0, 0.05) is 25.2 Å². The minimum Gasteiger partial charge on any atom is -0.333 e. The van der Waals surface area contributed by atoms with Crippen molar-refractivity contribution in [3.63, 3.8) is 0 Å². The number of carbonyl (C=O) groups excluding carboxylic acids is 1. The van der Waals surface area contributed by atoms with Crippen LogP contribution in [0.25, 0.3) is 11.1 Å². The van der Waals surface area contributed by atoms with Crippen molar-refractivity contribution in [3.05, 3.63) is 95.6 Å². The van der Waals surface area contributed by atoms with Gasteiger partial charge in [-0.1, -0.05) is 86.5 Å². The van der Waals surface area contributed by atoms with Crippen LogP contribution in [0.2, 0.25) is 0 Å². The van der Waals surface area contributed by atoms with E-state index in [2.05, 4.69) is 55.5 Å². The fourth-order valence-corrected chi connectivity index (χ4v) is 3.64. The fourth-order valence-electron chi connectivity index (χ4n) is 3.64. The number of hydrogen-bond acceptors (Lipinski definition) is 2. The molecule has 3 aromatic rings. The average Bonchev–Trinajstić information content (AvgIpc) is 2.80. The van der Waals surface area contributed by atoms with Crippen molar-refractivity contribution < 1.29 is 4.79 Å². The monoisotopic (exact) mass is 400 g/mol. The predicted octanol–water partition coefficient (Wildman–Crippen LogP) is 5.69. The second-order valence-electron chi connectivity index (χ2n) is 7.73. The number of amides is 1. The Morgan fingerprint density at radius 2 is 1.43 bits per heavy atom. The third-order valence-corrected chi connectivity index (χ3v) is 5.39. The largest absolute Gasteiger partial charge is 0.333 e. The van der Waals surface area contributed by atoms with Crippen molar-refractivity contribution in [2.24, 2.45) is 5.73 Å². The maximum atomic E-state index is 13.1. The Hall–Kier alpha value is -2.91. The molecule has 0 saturated carbocycles. The van der Waals surface area contributed by atoms with E-state index >= 15 is 0 Å². The lowest BCUT2D eigenvalue weighted by atomic mass is 10.0. The molecule has 0 bridgehead atoms. The van der Waals surface area contributed by atoms with E-state index in [4.69, 9.17) is 5.73 Å². The second kappa shape index (κ2) is 11.3. The van der Waals surface area contributed by atoms with E-state index in [1.165, 1.54) is 36.0 Å².